The van der Waals surface area contributed by atoms with Gasteiger partial charge in [-0.3, -0.25) is 0 Å². The topological polar surface area (TPSA) is 24.1 Å². The van der Waals surface area contributed by atoms with Gasteiger partial charge in [0, 0.05) is 11.6 Å². The molecule has 0 aromatic heterocycles. The number of rotatable bonds is 4. The van der Waals surface area contributed by atoms with Gasteiger partial charge in [-0.15, -0.1) is 0 Å². The molecule has 172 valence electrons. The molecule has 0 bridgehead atoms. The fourth-order valence-electron chi connectivity index (χ4n) is 2.69. The van der Waals surface area contributed by atoms with Crippen LogP contribution in [0, 0.1) is 10.8 Å². The van der Waals surface area contributed by atoms with E-state index in [9.17, 15) is 0 Å². The highest BCUT2D eigenvalue weighted by Gasteiger charge is 2.18. The standard InChI is InChI=1S/C28H45N2P/c1-18(13-15-20(3)27(7,8)9)22(5)25-26(30-24(31)17-29-25)23(6)19(2)14-16-21(4)28(10,11)12/h13-17,29-30H,31H2,1-12H3/b18-13+,19-14+,20-15+,21-16+,25-22-,26-23-. The molecule has 31 heavy (non-hydrogen) atoms. The van der Waals surface area contributed by atoms with Crippen LogP contribution in [0.2, 0.25) is 0 Å². The van der Waals surface area contributed by atoms with Crippen molar-refractivity contribution in [1.82, 2.24) is 10.6 Å². The molecular weight excluding hydrogens is 395 g/mol. The van der Waals surface area contributed by atoms with Crippen LogP contribution in [0.5, 0.6) is 0 Å². The quantitative estimate of drug-likeness (QED) is 0.339. The first-order chi connectivity index (χ1) is 14.1. The summed E-state index contributed by atoms with van der Waals surface area (Å²) < 4.78 is 0. The van der Waals surface area contributed by atoms with Gasteiger partial charge < -0.3 is 10.6 Å². The fraction of sp³-hybridized carbons (Fsp3) is 0.500. The highest BCUT2D eigenvalue weighted by Crippen LogP contribution is 2.29. The van der Waals surface area contributed by atoms with Crippen LogP contribution in [0.3, 0.4) is 0 Å². The molecule has 3 heteroatoms. The predicted molar refractivity (Wildman–Crippen MR) is 143 cm³/mol. The van der Waals surface area contributed by atoms with E-state index >= 15 is 0 Å². The Labute approximate surface area is 194 Å². The van der Waals surface area contributed by atoms with Crippen molar-refractivity contribution in [2.45, 2.75) is 83.1 Å². The minimum absolute atomic E-state index is 0.181. The molecule has 0 aromatic rings. The van der Waals surface area contributed by atoms with Gasteiger partial charge in [0.1, 0.15) is 0 Å². The molecule has 0 radical (unpaired) electrons. The Balaban J connectivity index is 3.48. The Morgan fingerprint density at radius 2 is 1.06 bits per heavy atom. The van der Waals surface area contributed by atoms with Crippen LogP contribution in [0.15, 0.2) is 80.8 Å². The summed E-state index contributed by atoms with van der Waals surface area (Å²) in [7, 11) is 2.76. The molecule has 0 aromatic carbocycles. The van der Waals surface area contributed by atoms with E-state index < -0.39 is 0 Å². The van der Waals surface area contributed by atoms with Crippen molar-refractivity contribution in [3.63, 3.8) is 0 Å². The summed E-state index contributed by atoms with van der Waals surface area (Å²) in [6.07, 6.45) is 11.0. The maximum atomic E-state index is 3.57. The van der Waals surface area contributed by atoms with Gasteiger partial charge in [-0.1, -0.05) is 86.2 Å². The summed E-state index contributed by atoms with van der Waals surface area (Å²) in [5, 5.41) is 7.08. The Morgan fingerprint density at radius 1 is 0.677 bits per heavy atom. The van der Waals surface area contributed by atoms with Crippen molar-refractivity contribution < 1.29 is 0 Å². The molecule has 1 aliphatic heterocycles. The second kappa shape index (κ2) is 10.7. The number of allylic oxidation sites excluding steroid dienone is 10. The SMILES string of the molecule is CC(=C1/NC=C(P)N/C1=C(C)\C(C)=C\C=C(/C)C(C)(C)C)/C(C)=C/C=C(\C)C(C)(C)C. The Hall–Kier alpha value is -1.79. The van der Waals surface area contributed by atoms with E-state index in [4.69, 9.17) is 0 Å². The molecule has 2 N–H and O–H groups in total. The first-order valence-corrected chi connectivity index (χ1v) is 11.8. The Bertz CT molecular complexity index is 902. The average molecular weight is 441 g/mol. The van der Waals surface area contributed by atoms with E-state index in [1.165, 1.54) is 33.4 Å². The van der Waals surface area contributed by atoms with Gasteiger partial charge in [0.05, 0.1) is 11.4 Å². The van der Waals surface area contributed by atoms with Crippen LogP contribution in [-0.2, 0) is 0 Å². The zero-order valence-electron chi connectivity index (χ0n) is 22.0. The average Bonchev–Trinajstić information content (AvgIpc) is 2.66. The van der Waals surface area contributed by atoms with Crippen molar-refractivity contribution >= 4 is 9.24 Å². The molecule has 0 amide bonds. The second-order valence-corrected chi connectivity index (χ2v) is 11.4. The molecule has 1 atom stereocenters. The minimum Gasteiger partial charge on any atom is -0.358 e. The van der Waals surface area contributed by atoms with E-state index in [1.807, 2.05) is 6.20 Å². The number of hydrogen-bond acceptors (Lipinski definition) is 2. The van der Waals surface area contributed by atoms with E-state index in [2.05, 4.69) is 127 Å². The zero-order valence-corrected chi connectivity index (χ0v) is 23.1. The molecule has 2 nitrogen and oxygen atoms in total. The summed E-state index contributed by atoms with van der Waals surface area (Å²) in [5.74, 6) is 0. The van der Waals surface area contributed by atoms with E-state index in [1.54, 1.807) is 0 Å². The summed E-state index contributed by atoms with van der Waals surface area (Å²) in [6.45, 7) is 26.6. The van der Waals surface area contributed by atoms with Crippen molar-refractivity contribution in [1.29, 1.82) is 0 Å². The van der Waals surface area contributed by atoms with Gasteiger partial charge in [-0.2, -0.15) is 0 Å². The predicted octanol–water partition coefficient (Wildman–Crippen LogP) is 8.28. The second-order valence-electron chi connectivity index (χ2n) is 10.8. The van der Waals surface area contributed by atoms with Crippen molar-refractivity contribution in [3.8, 4) is 0 Å². The summed E-state index contributed by atoms with van der Waals surface area (Å²) in [6, 6.07) is 0. The largest absolute Gasteiger partial charge is 0.358 e. The van der Waals surface area contributed by atoms with Crippen molar-refractivity contribution in [3.05, 3.63) is 80.8 Å². The lowest BCUT2D eigenvalue weighted by molar-refractivity contribution is 0.504. The fourth-order valence-corrected chi connectivity index (χ4v) is 2.91. The smallest absolute Gasteiger partial charge is 0.0659 e. The van der Waals surface area contributed by atoms with Crippen LogP contribution in [0.1, 0.15) is 83.1 Å². The van der Waals surface area contributed by atoms with Gasteiger partial charge in [0.25, 0.3) is 0 Å². The Kier molecular flexibility index (Phi) is 9.39. The van der Waals surface area contributed by atoms with E-state index in [0.29, 0.717) is 0 Å². The first kappa shape index (κ1) is 27.2. The number of hydrogen-bond donors (Lipinski definition) is 2. The third-order valence-electron chi connectivity index (χ3n) is 6.36. The molecular formula is C28H45N2P. The normalized spacial score (nSPS) is 20.7. The maximum absolute atomic E-state index is 3.57. The molecule has 1 heterocycles. The van der Waals surface area contributed by atoms with Gasteiger partial charge in [-0.25, -0.2) is 0 Å². The van der Waals surface area contributed by atoms with Crippen LogP contribution < -0.4 is 10.6 Å². The molecule has 1 unspecified atom stereocenters. The summed E-state index contributed by atoms with van der Waals surface area (Å²) in [4.78, 5) is 0. The van der Waals surface area contributed by atoms with Crippen LogP contribution in [0.25, 0.3) is 0 Å². The molecule has 1 rings (SSSR count). The lowest BCUT2D eigenvalue weighted by Crippen LogP contribution is -2.27. The monoisotopic (exact) mass is 440 g/mol. The van der Waals surface area contributed by atoms with Gasteiger partial charge in [0.15, 0.2) is 0 Å². The highest BCUT2D eigenvalue weighted by atomic mass is 31.0. The molecule has 0 fully saturated rings. The molecule has 0 saturated carbocycles. The van der Waals surface area contributed by atoms with Crippen molar-refractivity contribution in [2.24, 2.45) is 10.8 Å². The molecule has 0 spiro atoms. The van der Waals surface area contributed by atoms with E-state index in [0.717, 1.165) is 16.8 Å². The molecule has 0 aliphatic carbocycles. The van der Waals surface area contributed by atoms with Gasteiger partial charge in [0.2, 0.25) is 0 Å². The maximum Gasteiger partial charge on any atom is 0.0659 e. The van der Waals surface area contributed by atoms with Crippen LogP contribution >= 0.6 is 9.24 Å². The summed E-state index contributed by atoms with van der Waals surface area (Å²) in [5.41, 5.74) is 11.4. The third kappa shape index (κ3) is 8.00. The number of nitrogens with one attached hydrogen (secondary N) is 2. The first-order valence-electron chi connectivity index (χ1n) is 11.2. The Morgan fingerprint density at radius 3 is 1.45 bits per heavy atom. The van der Waals surface area contributed by atoms with Gasteiger partial charge in [-0.05, 0) is 74.7 Å². The van der Waals surface area contributed by atoms with Crippen molar-refractivity contribution in [2.75, 3.05) is 0 Å². The highest BCUT2D eigenvalue weighted by molar-refractivity contribution is 7.22. The van der Waals surface area contributed by atoms with Crippen LogP contribution in [0.4, 0.5) is 0 Å². The molecule has 1 aliphatic rings. The minimum atomic E-state index is 0.181. The molecule has 0 saturated heterocycles. The lowest BCUT2D eigenvalue weighted by Gasteiger charge is -2.26. The van der Waals surface area contributed by atoms with E-state index in [-0.39, 0.29) is 10.8 Å². The van der Waals surface area contributed by atoms with Gasteiger partial charge >= 0.3 is 0 Å². The third-order valence-corrected chi connectivity index (χ3v) is 6.67. The van der Waals surface area contributed by atoms with Crippen LogP contribution in [-0.4, -0.2) is 0 Å². The summed E-state index contributed by atoms with van der Waals surface area (Å²) >= 11 is 0. The lowest BCUT2D eigenvalue weighted by atomic mass is 9.87. The zero-order chi connectivity index (χ0) is 24.1.